The van der Waals surface area contributed by atoms with Gasteiger partial charge in [-0.25, -0.2) is 10.4 Å². The van der Waals surface area contributed by atoms with Crippen LogP contribution in [0.4, 0.5) is 5.69 Å². The molecule has 2 heterocycles. The molecule has 0 saturated carbocycles. The largest absolute Gasteiger partial charge is 0.329 e. The van der Waals surface area contributed by atoms with Crippen molar-refractivity contribution in [3.05, 3.63) is 76.4 Å². The van der Waals surface area contributed by atoms with E-state index in [4.69, 9.17) is 0 Å². The maximum Gasteiger partial charge on any atom is 0.283 e. The van der Waals surface area contributed by atoms with E-state index >= 15 is 0 Å². The summed E-state index contributed by atoms with van der Waals surface area (Å²) in [6, 6.07) is 7.94. The summed E-state index contributed by atoms with van der Waals surface area (Å²) in [6.45, 7) is 0. The van der Waals surface area contributed by atoms with Crippen LogP contribution < -0.4 is 5.43 Å². The van der Waals surface area contributed by atoms with Gasteiger partial charge in [-0.1, -0.05) is 6.07 Å². The topological polar surface area (TPSA) is 115 Å². The SMILES string of the molecule is Cn1ccnc1Sc1ccc(/C=N\NC(=O)c2cccnc2)cc1[N+](=O)[O-]. The number of rotatable bonds is 6. The van der Waals surface area contributed by atoms with Crippen molar-refractivity contribution in [1.82, 2.24) is 20.0 Å². The Morgan fingerprint density at radius 3 is 2.89 bits per heavy atom. The van der Waals surface area contributed by atoms with Crippen molar-refractivity contribution >= 4 is 29.6 Å². The van der Waals surface area contributed by atoms with E-state index in [9.17, 15) is 14.9 Å². The van der Waals surface area contributed by atoms with Gasteiger partial charge in [-0.2, -0.15) is 5.10 Å². The number of carbonyl (C=O) groups excluding carboxylic acids is 1. The van der Waals surface area contributed by atoms with Crippen LogP contribution in [0.25, 0.3) is 0 Å². The number of hydrogen-bond donors (Lipinski definition) is 1. The lowest BCUT2D eigenvalue weighted by Gasteiger charge is -2.04. The van der Waals surface area contributed by atoms with Gasteiger partial charge >= 0.3 is 0 Å². The second-order valence-electron chi connectivity index (χ2n) is 5.35. The predicted octanol–water partition coefficient (Wildman–Crippen LogP) is 2.64. The molecule has 0 saturated heterocycles. The number of hydrazone groups is 1. The van der Waals surface area contributed by atoms with Crippen molar-refractivity contribution < 1.29 is 9.72 Å². The number of nitrogens with zero attached hydrogens (tertiary/aromatic N) is 5. The Morgan fingerprint density at radius 1 is 1.37 bits per heavy atom. The summed E-state index contributed by atoms with van der Waals surface area (Å²) < 4.78 is 1.78. The lowest BCUT2D eigenvalue weighted by atomic mass is 10.2. The van der Waals surface area contributed by atoms with Gasteiger partial charge in [0.15, 0.2) is 5.16 Å². The monoisotopic (exact) mass is 382 g/mol. The highest BCUT2D eigenvalue weighted by Gasteiger charge is 2.17. The van der Waals surface area contributed by atoms with Crippen molar-refractivity contribution in [2.45, 2.75) is 10.1 Å². The highest BCUT2D eigenvalue weighted by Crippen LogP contribution is 2.34. The zero-order valence-electron chi connectivity index (χ0n) is 14.1. The van der Waals surface area contributed by atoms with E-state index in [1.54, 1.807) is 47.4 Å². The van der Waals surface area contributed by atoms with Crippen LogP contribution in [0.5, 0.6) is 0 Å². The van der Waals surface area contributed by atoms with Gasteiger partial charge in [0.05, 0.1) is 21.6 Å². The van der Waals surface area contributed by atoms with Gasteiger partial charge in [-0.05, 0) is 30.0 Å². The fourth-order valence-electron chi connectivity index (χ4n) is 2.12. The number of imidazole rings is 1. The number of carbonyl (C=O) groups is 1. The van der Waals surface area contributed by atoms with Gasteiger partial charge in [0, 0.05) is 43.5 Å². The standard InChI is InChI=1S/C17H14N6O3S/c1-22-8-7-19-17(22)27-15-5-4-12(9-14(15)23(25)26)10-20-21-16(24)13-3-2-6-18-11-13/h2-11H,1H3,(H,21,24)/b20-10-. The first-order valence-electron chi connectivity index (χ1n) is 7.71. The molecule has 0 unspecified atom stereocenters. The smallest absolute Gasteiger partial charge is 0.283 e. The number of aryl methyl sites for hydroxylation is 1. The number of nitro groups is 1. The number of nitrogens with one attached hydrogen (secondary N) is 1. The van der Waals surface area contributed by atoms with Crippen LogP contribution in [0.15, 0.2) is 70.3 Å². The molecule has 0 spiro atoms. The molecule has 0 fully saturated rings. The van der Waals surface area contributed by atoms with Crippen molar-refractivity contribution in [3.63, 3.8) is 0 Å². The number of pyridine rings is 1. The molecule has 136 valence electrons. The summed E-state index contributed by atoms with van der Waals surface area (Å²) >= 11 is 1.20. The summed E-state index contributed by atoms with van der Waals surface area (Å²) in [4.78, 5) is 31.3. The molecule has 0 atom stereocenters. The molecule has 0 radical (unpaired) electrons. The van der Waals surface area contributed by atoms with Crippen molar-refractivity contribution in [3.8, 4) is 0 Å². The molecular formula is C17H14N6O3S. The first-order chi connectivity index (χ1) is 13.0. The van der Waals surface area contributed by atoms with E-state index in [1.807, 2.05) is 7.05 Å². The maximum atomic E-state index is 11.9. The Morgan fingerprint density at radius 2 is 2.22 bits per heavy atom. The van der Waals surface area contributed by atoms with Crippen molar-refractivity contribution in [2.24, 2.45) is 12.1 Å². The van der Waals surface area contributed by atoms with Crippen LogP contribution in [-0.2, 0) is 7.05 Å². The Bertz CT molecular complexity index is 1000. The van der Waals surface area contributed by atoms with Crippen molar-refractivity contribution in [1.29, 1.82) is 0 Å². The van der Waals surface area contributed by atoms with Gasteiger partial charge in [-0.3, -0.25) is 19.9 Å². The number of hydrogen-bond acceptors (Lipinski definition) is 7. The molecule has 3 aromatic rings. The summed E-state index contributed by atoms with van der Waals surface area (Å²) in [6.07, 6.45) is 7.71. The molecule has 10 heteroatoms. The molecule has 3 rings (SSSR count). The molecule has 0 aliphatic heterocycles. The van der Waals surface area contributed by atoms with Gasteiger partial charge in [0.1, 0.15) is 0 Å². The number of amides is 1. The van der Waals surface area contributed by atoms with E-state index in [1.165, 1.54) is 30.2 Å². The number of aromatic nitrogens is 3. The van der Waals surface area contributed by atoms with Gasteiger partial charge < -0.3 is 4.57 Å². The highest BCUT2D eigenvalue weighted by atomic mass is 32.2. The lowest BCUT2D eigenvalue weighted by molar-refractivity contribution is -0.387. The van der Waals surface area contributed by atoms with Crippen LogP contribution >= 0.6 is 11.8 Å². The third-order valence-corrected chi connectivity index (χ3v) is 4.60. The highest BCUT2D eigenvalue weighted by molar-refractivity contribution is 7.99. The molecule has 1 N–H and O–H groups in total. The fraction of sp³-hybridized carbons (Fsp3) is 0.0588. The minimum absolute atomic E-state index is 0.0643. The van der Waals surface area contributed by atoms with Crippen LogP contribution in [0, 0.1) is 10.1 Å². The van der Waals surface area contributed by atoms with E-state index in [0.717, 1.165) is 0 Å². The Balaban J connectivity index is 1.75. The van der Waals surface area contributed by atoms with E-state index < -0.39 is 10.8 Å². The van der Waals surface area contributed by atoms with Crippen LogP contribution in [0.1, 0.15) is 15.9 Å². The lowest BCUT2D eigenvalue weighted by Crippen LogP contribution is -2.17. The van der Waals surface area contributed by atoms with Gasteiger partial charge in [0.25, 0.3) is 11.6 Å². The third-order valence-electron chi connectivity index (χ3n) is 3.46. The summed E-state index contributed by atoms with van der Waals surface area (Å²) in [5, 5.41) is 15.9. The fourth-order valence-corrected chi connectivity index (χ4v) is 3.01. The average Bonchev–Trinajstić information content (AvgIpc) is 3.08. The zero-order valence-corrected chi connectivity index (χ0v) is 15.0. The molecule has 1 aromatic carbocycles. The van der Waals surface area contributed by atoms with Crippen LogP contribution in [-0.4, -0.2) is 31.6 Å². The zero-order chi connectivity index (χ0) is 19.2. The third kappa shape index (κ3) is 4.55. The van der Waals surface area contributed by atoms with E-state index in [0.29, 0.717) is 21.2 Å². The minimum Gasteiger partial charge on any atom is -0.329 e. The van der Waals surface area contributed by atoms with Crippen LogP contribution in [0.2, 0.25) is 0 Å². The second-order valence-corrected chi connectivity index (χ2v) is 6.36. The first-order valence-corrected chi connectivity index (χ1v) is 8.53. The molecule has 2 aromatic heterocycles. The molecule has 0 aliphatic carbocycles. The van der Waals surface area contributed by atoms with Crippen molar-refractivity contribution in [2.75, 3.05) is 0 Å². The van der Waals surface area contributed by atoms with E-state index in [2.05, 4.69) is 20.5 Å². The van der Waals surface area contributed by atoms with E-state index in [-0.39, 0.29) is 5.69 Å². The predicted molar refractivity (Wildman–Crippen MR) is 99.7 cm³/mol. The Labute approximate surface area is 158 Å². The number of nitro benzene ring substituents is 1. The molecule has 27 heavy (non-hydrogen) atoms. The quantitative estimate of drug-likeness (QED) is 0.398. The van der Waals surface area contributed by atoms with Crippen LogP contribution in [0.3, 0.4) is 0 Å². The normalized spacial score (nSPS) is 10.9. The molecule has 9 nitrogen and oxygen atoms in total. The first kappa shape index (κ1) is 18.3. The molecule has 1 amide bonds. The van der Waals surface area contributed by atoms with Gasteiger partial charge in [0.2, 0.25) is 0 Å². The molecule has 0 bridgehead atoms. The Hall–Kier alpha value is -3.53. The minimum atomic E-state index is -0.461. The summed E-state index contributed by atoms with van der Waals surface area (Å²) in [5.74, 6) is -0.421. The summed E-state index contributed by atoms with van der Waals surface area (Å²) in [7, 11) is 1.81. The molecular weight excluding hydrogens is 368 g/mol. The molecule has 0 aliphatic rings. The van der Waals surface area contributed by atoms with Gasteiger partial charge in [-0.15, -0.1) is 0 Å². The second kappa shape index (κ2) is 8.23. The Kier molecular flexibility index (Phi) is 5.57. The average molecular weight is 382 g/mol. The summed E-state index contributed by atoms with van der Waals surface area (Å²) in [5.41, 5.74) is 3.14. The maximum absolute atomic E-state index is 11.9. The number of benzene rings is 1.